The molecule has 1 aromatic carbocycles. The Morgan fingerprint density at radius 3 is 2.81 bits per heavy atom. The van der Waals surface area contributed by atoms with E-state index in [1.165, 1.54) is 4.90 Å². The third-order valence-electron chi connectivity index (χ3n) is 5.36. The molecule has 2 aliphatic heterocycles. The Morgan fingerprint density at radius 2 is 2.00 bits per heavy atom. The van der Waals surface area contributed by atoms with Crippen molar-refractivity contribution in [2.75, 3.05) is 18.5 Å². The van der Waals surface area contributed by atoms with Gasteiger partial charge in [0.2, 0.25) is 0 Å². The average molecular weight is 503 g/mol. The van der Waals surface area contributed by atoms with Crippen LogP contribution in [0.4, 0.5) is 5.82 Å². The van der Waals surface area contributed by atoms with Crippen molar-refractivity contribution in [1.82, 2.24) is 19.7 Å². The van der Waals surface area contributed by atoms with Crippen molar-refractivity contribution in [3.8, 4) is 5.75 Å². The number of carbonyl (C=O) groups is 2. The lowest BCUT2D eigenvalue weighted by atomic mass is 10.0. The van der Waals surface area contributed by atoms with Crippen LogP contribution >= 0.6 is 27.5 Å². The van der Waals surface area contributed by atoms with Gasteiger partial charge in [-0.3, -0.25) is 9.59 Å². The number of hydrogen-bond acceptors (Lipinski definition) is 5. The van der Waals surface area contributed by atoms with Crippen LogP contribution in [0.5, 0.6) is 5.75 Å². The summed E-state index contributed by atoms with van der Waals surface area (Å²) in [6.07, 6.45) is 0.509. The number of anilines is 1. The number of halogens is 2. The van der Waals surface area contributed by atoms with E-state index in [0.717, 1.165) is 5.56 Å². The second kappa shape index (κ2) is 7.97. The third-order valence-corrected chi connectivity index (χ3v) is 6.23. The Balaban J connectivity index is 1.40. The molecule has 5 rings (SSSR count). The van der Waals surface area contributed by atoms with E-state index in [4.69, 9.17) is 16.3 Å². The first kappa shape index (κ1) is 20.0. The molecule has 0 spiro atoms. The van der Waals surface area contributed by atoms with Gasteiger partial charge >= 0.3 is 0 Å². The molecule has 0 radical (unpaired) electrons. The molecule has 0 aliphatic carbocycles. The van der Waals surface area contributed by atoms with E-state index in [1.807, 2.05) is 30.3 Å². The van der Waals surface area contributed by atoms with E-state index < -0.39 is 6.04 Å². The highest BCUT2D eigenvalue weighted by Crippen LogP contribution is 2.31. The summed E-state index contributed by atoms with van der Waals surface area (Å²) in [6.45, 7) is 0.835. The SMILES string of the molecule is O=C1Nc2nc(Br)ccc2OCC1N1CCc2c(nn(Cc3ccccc3)c2Cl)C1=O. The fourth-order valence-corrected chi connectivity index (χ4v) is 4.40. The summed E-state index contributed by atoms with van der Waals surface area (Å²) in [5.74, 6) is 0.0939. The smallest absolute Gasteiger partial charge is 0.275 e. The summed E-state index contributed by atoms with van der Waals surface area (Å²) in [6, 6.07) is 12.4. The third kappa shape index (κ3) is 3.68. The Labute approximate surface area is 191 Å². The quantitative estimate of drug-likeness (QED) is 0.556. The van der Waals surface area contributed by atoms with Crippen LogP contribution in [0.1, 0.15) is 21.6 Å². The van der Waals surface area contributed by atoms with Gasteiger partial charge in [0.15, 0.2) is 17.3 Å². The fraction of sp³-hybridized carbons (Fsp3) is 0.238. The van der Waals surface area contributed by atoms with Crippen molar-refractivity contribution in [2.45, 2.75) is 19.0 Å². The predicted octanol–water partition coefficient (Wildman–Crippen LogP) is 3.14. The Hall–Kier alpha value is -2.91. The highest BCUT2D eigenvalue weighted by atomic mass is 79.9. The minimum Gasteiger partial charge on any atom is -0.487 e. The minimum absolute atomic E-state index is 0.0294. The number of pyridine rings is 1. The summed E-state index contributed by atoms with van der Waals surface area (Å²) in [7, 11) is 0. The fourth-order valence-electron chi connectivity index (χ4n) is 3.80. The number of ether oxygens (including phenoxy) is 1. The number of amides is 2. The van der Waals surface area contributed by atoms with Gasteiger partial charge in [0.05, 0.1) is 6.54 Å². The molecular formula is C21H17BrClN5O3. The molecule has 31 heavy (non-hydrogen) atoms. The van der Waals surface area contributed by atoms with Crippen LogP contribution in [-0.4, -0.2) is 50.7 Å². The van der Waals surface area contributed by atoms with Gasteiger partial charge < -0.3 is 15.0 Å². The molecule has 1 unspecified atom stereocenters. The van der Waals surface area contributed by atoms with Crippen molar-refractivity contribution >= 4 is 45.2 Å². The Bertz CT molecular complexity index is 1180. The highest BCUT2D eigenvalue weighted by molar-refractivity contribution is 9.10. The number of hydrogen-bond donors (Lipinski definition) is 1. The largest absolute Gasteiger partial charge is 0.487 e. The molecule has 2 aliphatic rings. The van der Waals surface area contributed by atoms with Gasteiger partial charge in [-0.05, 0) is 40.0 Å². The molecule has 0 saturated heterocycles. The van der Waals surface area contributed by atoms with Crippen LogP contribution < -0.4 is 10.1 Å². The lowest BCUT2D eigenvalue weighted by Crippen LogP contribution is -2.52. The van der Waals surface area contributed by atoms with Gasteiger partial charge in [-0.2, -0.15) is 5.10 Å². The van der Waals surface area contributed by atoms with E-state index in [9.17, 15) is 9.59 Å². The van der Waals surface area contributed by atoms with Crippen LogP contribution in [0, 0.1) is 0 Å². The van der Waals surface area contributed by atoms with Crippen LogP contribution in [0.2, 0.25) is 5.15 Å². The first-order valence-electron chi connectivity index (χ1n) is 9.71. The monoisotopic (exact) mass is 501 g/mol. The van der Waals surface area contributed by atoms with E-state index in [1.54, 1.807) is 16.8 Å². The summed E-state index contributed by atoms with van der Waals surface area (Å²) in [4.78, 5) is 31.8. The maximum absolute atomic E-state index is 13.3. The molecule has 1 atom stereocenters. The standard InChI is InChI=1S/C21H17BrClN5O3/c22-16-7-6-15-19(24-16)25-20(29)14(11-31-15)27-9-8-13-17(21(27)30)26-28(18(13)23)10-12-4-2-1-3-5-12/h1-7,14H,8-11H2,(H,24,25,29). The van der Waals surface area contributed by atoms with Crippen molar-refractivity contribution in [1.29, 1.82) is 0 Å². The summed E-state index contributed by atoms with van der Waals surface area (Å²) >= 11 is 9.82. The second-order valence-corrected chi connectivity index (χ2v) is 8.48. The van der Waals surface area contributed by atoms with Gasteiger partial charge in [0, 0.05) is 12.1 Å². The van der Waals surface area contributed by atoms with Gasteiger partial charge in [0.1, 0.15) is 22.4 Å². The molecule has 0 saturated carbocycles. The zero-order valence-electron chi connectivity index (χ0n) is 16.2. The van der Waals surface area contributed by atoms with Crippen LogP contribution in [0.3, 0.4) is 0 Å². The lowest BCUT2D eigenvalue weighted by molar-refractivity contribution is -0.121. The van der Waals surface area contributed by atoms with Crippen molar-refractivity contribution < 1.29 is 14.3 Å². The van der Waals surface area contributed by atoms with Crippen molar-refractivity contribution in [3.05, 3.63) is 69.0 Å². The van der Waals surface area contributed by atoms with E-state index >= 15 is 0 Å². The summed E-state index contributed by atoms with van der Waals surface area (Å²) in [5, 5.41) is 7.68. The summed E-state index contributed by atoms with van der Waals surface area (Å²) in [5.41, 5.74) is 2.02. The molecule has 10 heteroatoms. The zero-order valence-corrected chi connectivity index (χ0v) is 18.6. The number of fused-ring (bicyclic) bond motifs is 2. The molecule has 0 fully saturated rings. The molecule has 8 nitrogen and oxygen atoms in total. The van der Waals surface area contributed by atoms with Crippen LogP contribution in [0.15, 0.2) is 47.1 Å². The number of carbonyl (C=O) groups excluding carboxylic acids is 2. The van der Waals surface area contributed by atoms with Crippen LogP contribution in [0.25, 0.3) is 0 Å². The highest BCUT2D eigenvalue weighted by Gasteiger charge is 2.39. The first-order valence-corrected chi connectivity index (χ1v) is 10.9. The Kier molecular flexibility index (Phi) is 5.15. The normalized spacial score (nSPS) is 18.0. The van der Waals surface area contributed by atoms with E-state index in [-0.39, 0.29) is 24.1 Å². The van der Waals surface area contributed by atoms with Gasteiger partial charge in [0.25, 0.3) is 11.8 Å². The number of aromatic nitrogens is 3. The number of nitrogens with one attached hydrogen (secondary N) is 1. The predicted molar refractivity (Wildman–Crippen MR) is 117 cm³/mol. The van der Waals surface area contributed by atoms with Gasteiger partial charge in [-0.25, -0.2) is 9.67 Å². The number of benzene rings is 1. The molecule has 3 aromatic rings. The van der Waals surface area contributed by atoms with Gasteiger partial charge in [-0.1, -0.05) is 41.9 Å². The lowest BCUT2D eigenvalue weighted by Gasteiger charge is -2.31. The number of nitrogens with zero attached hydrogens (tertiary/aromatic N) is 4. The number of rotatable bonds is 3. The van der Waals surface area contributed by atoms with E-state index in [2.05, 4.69) is 31.3 Å². The maximum Gasteiger partial charge on any atom is 0.275 e. The second-order valence-electron chi connectivity index (χ2n) is 7.31. The van der Waals surface area contributed by atoms with Crippen LogP contribution in [-0.2, 0) is 17.8 Å². The molecule has 0 bridgehead atoms. The molecule has 158 valence electrons. The summed E-state index contributed by atoms with van der Waals surface area (Å²) < 4.78 is 7.98. The zero-order chi connectivity index (χ0) is 21.5. The van der Waals surface area contributed by atoms with Crippen molar-refractivity contribution in [2.24, 2.45) is 0 Å². The topological polar surface area (TPSA) is 89.3 Å². The van der Waals surface area contributed by atoms with E-state index in [0.29, 0.717) is 46.4 Å². The minimum atomic E-state index is -0.799. The molecule has 1 N–H and O–H groups in total. The molecule has 2 amide bonds. The molecule has 4 heterocycles. The average Bonchev–Trinajstić information content (AvgIpc) is 2.98. The molecular weight excluding hydrogens is 486 g/mol. The molecule has 2 aromatic heterocycles. The van der Waals surface area contributed by atoms with Gasteiger partial charge in [-0.15, -0.1) is 0 Å². The Morgan fingerprint density at radius 1 is 1.19 bits per heavy atom. The maximum atomic E-state index is 13.3. The van der Waals surface area contributed by atoms with Crippen molar-refractivity contribution in [3.63, 3.8) is 0 Å². The first-order chi connectivity index (χ1) is 15.0.